The van der Waals surface area contributed by atoms with Crippen molar-refractivity contribution < 1.29 is 48.9 Å². The average molecular weight is 446 g/mol. The van der Waals surface area contributed by atoms with Crippen molar-refractivity contribution in [3.8, 4) is 0 Å². The number of hydrogen-bond donors (Lipinski definition) is 4. The molecule has 1 atom stereocenters. The maximum atomic E-state index is 12.6. The summed E-state index contributed by atoms with van der Waals surface area (Å²) in [5.74, 6) is -3.81. The number of carbonyl (C=O) groups is 5. The number of amides is 2. The van der Waals surface area contributed by atoms with Gasteiger partial charge in [-0.1, -0.05) is 6.92 Å². The maximum Gasteiger partial charge on any atom is 0.373 e. The van der Waals surface area contributed by atoms with E-state index in [1.54, 1.807) is 0 Å². The van der Waals surface area contributed by atoms with Gasteiger partial charge in [-0.3, -0.25) is 24.0 Å². The first-order chi connectivity index (χ1) is 14.6. The minimum absolute atomic E-state index is 0.0198. The van der Waals surface area contributed by atoms with Crippen LogP contribution in [0.15, 0.2) is 0 Å². The van der Waals surface area contributed by atoms with Crippen LogP contribution in [0, 0.1) is 0 Å². The van der Waals surface area contributed by atoms with Gasteiger partial charge in [-0.05, 0) is 32.1 Å². The molecule has 0 aliphatic carbocycles. The molecule has 0 saturated carbocycles. The Bertz CT molecular complexity index is 629. The molecule has 0 heterocycles. The first kappa shape index (κ1) is 29.9. The highest BCUT2D eigenvalue weighted by Gasteiger charge is 2.28. The molecule has 1 unspecified atom stereocenters. The largest absolute Gasteiger partial charge is 0.481 e. The van der Waals surface area contributed by atoms with Gasteiger partial charge in [0.1, 0.15) is 6.04 Å². The number of nitrogens with one attached hydrogen (secondary N) is 1. The van der Waals surface area contributed by atoms with Gasteiger partial charge in [0.15, 0.2) is 0 Å². The molecule has 31 heavy (non-hydrogen) atoms. The van der Waals surface area contributed by atoms with E-state index in [4.69, 9.17) is 24.9 Å². The van der Waals surface area contributed by atoms with Crippen molar-refractivity contribution in [2.24, 2.45) is 0 Å². The second kappa shape index (κ2) is 18.7. The second-order valence-corrected chi connectivity index (χ2v) is 6.51. The average Bonchev–Trinajstić information content (AvgIpc) is 2.67. The second-order valence-electron chi connectivity index (χ2n) is 6.51. The van der Waals surface area contributed by atoms with E-state index in [-0.39, 0.29) is 76.5 Å². The van der Waals surface area contributed by atoms with Gasteiger partial charge in [0.2, 0.25) is 11.8 Å². The number of rotatable bonds is 16. The Labute approximate surface area is 179 Å². The van der Waals surface area contributed by atoms with E-state index in [2.05, 4.69) is 5.32 Å². The lowest BCUT2D eigenvalue weighted by Crippen LogP contribution is -2.50. The summed E-state index contributed by atoms with van der Waals surface area (Å²) in [5.41, 5.74) is 0. The normalized spacial score (nSPS) is 10.6. The SMILES string of the molecule is CCCN(C(=O)CCCC(=O)O)C(CCCC(=O)O)C(=O)NCCCC(=O)O.O=C=O. The zero-order valence-corrected chi connectivity index (χ0v) is 17.5. The third kappa shape index (κ3) is 17.3. The molecule has 12 nitrogen and oxygen atoms in total. The number of hydrogen-bond acceptors (Lipinski definition) is 7. The van der Waals surface area contributed by atoms with Crippen LogP contribution in [0.2, 0.25) is 0 Å². The zero-order valence-electron chi connectivity index (χ0n) is 17.5. The van der Waals surface area contributed by atoms with Crippen LogP contribution in [0.3, 0.4) is 0 Å². The number of nitrogens with zero attached hydrogens (tertiary/aromatic N) is 1. The van der Waals surface area contributed by atoms with E-state index in [0.29, 0.717) is 6.42 Å². The third-order valence-electron chi connectivity index (χ3n) is 3.98. The van der Waals surface area contributed by atoms with Crippen LogP contribution in [0.4, 0.5) is 0 Å². The van der Waals surface area contributed by atoms with E-state index in [1.165, 1.54) is 4.90 Å². The monoisotopic (exact) mass is 446 g/mol. The van der Waals surface area contributed by atoms with Gasteiger partial charge in [-0.15, -0.1) is 0 Å². The molecular formula is C19H30N2O10. The standard InChI is InChI=1S/C18H30N2O8.CO2/c1-2-12-20(14(21)7-4-9-16(24)25)13(6-3-8-15(22)23)18(28)19-11-5-10-17(26)27;2-1-3/h13H,2-12H2,1H3,(H,19,28)(H,22,23)(H,24,25)(H,26,27);. The summed E-state index contributed by atoms with van der Waals surface area (Å²) in [5, 5.41) is 28.8. The van der Waals surface area contributed by atoms with Crippen molar-refractivity contribution >= 4 is 35.9 Å². The Morgan fingerprint density at radius 2 is 1.32 bits per heavy atom. The van der Waals surface area contributed by atoms with E-state index >= 15 is 0 Å². The van der Waals surface area contributed by atoms with Crippen molar-refractivity contribution in [3.63, 3.8) is 0 Å². The molecule has 0 spiro atoms. The first-order valence-corrected chi connectivity index (χ1v) is 9.82. The summed E-state index contributed by atoms with van der Waals surface area (Å²) in [7, 11) is 0. The fourth-order valence-electron chi connectivity index (χ4n) is 2.67. The molecule has 0 aromatic carbocycles. The predicted octanol–water partition coefficient (Wildman–Crippen LogP) is 0.501. The molecule has 0 fully saturated rings. The van der Waals surface area contributed by atoms with Gasteiger partial charge in [-0.2, -0.15) is 9.59 Å². The summed E-state index contributed by atoms with van der Waals surface area (Å²) in [6.07, 6.45) is 1.15. The lowest BCUT2D eigenvalue weighted by molar-refractivity contribution is -0.191. The summed E-state index contributed by atoms with van der Waals surface area (Å²) in [6.45, 7) is 2.25. The van der Waals surface area contributed by atoms with Gasteiger partial charge in [0, 0.05) is 38.8 Å². The van der Waals surface area contributed by atoms with Crippen molar-refractivity contribution in [1.82, 2.24) is 10.2 Å². The van der Waals surface area contributed by atoms with Gasteiger partial charge in [0.05, 0.1) is 0 Å². The van der Waals surface area contributed by atoms with Gasteiger partial charge >= 0.3 is 24.1 Å². The first-order valence-electron chi connectivity index (χ1n) is 9.82. The summed E-state index contributed by atoms with van der Waals surface area (Å²) < 4.78 is 0. The minimum Gasteiger partial charge on any atom is -0.481 e. The summed E-state index contributed by atoms with van der Waals surface area (Å²) in [6, 6.07) is -0.874. The fourth-order valence-corrected chi connectivity index (χ4v) is 2.67. The molecule has 12 heteroatoms. The van der Waals surface area contributed by atoms with Crippen LogP contribution in [-0.4, -0.2) is 75.2 Å². The molecule has 0 aromatic heterocycles. The summed E-state index contributed by atoms with van der Waals surface area (Å²) in [4.78, 5) is 74.7. The number of carbonyl (C=O) groups excluding carboxylic acids is 4. The van der Waals surface area contributed by atoms with Crippen molar-refractivity contribution in [2.45, 2.75) is 70.8 Å². The lowest BCUT2D eigenvalue weighted by atomic mass is 10.0. The number of aliphatic carboxylic acids is 3. The predicted molar refractivity (Wildman–Crippen MR) is 104 cm³/mol. The molecule has 0 aliphatic heterocycles. The Hall–Kier alpha value is -3.27. The van der Waals surface area contributed by atoms with Crippen molar-refractivity contribution in [2.75, 3.05) is 13.1 Å². The van der Waals surface area contributed by atoms with Crippen LogP contribution in [-0.2, 0) is 33.6 Å². The minimum atomic E-state index is -1.01. The molecule has 0 aliphatic rings. The lowest BCUT2D eigenvalue weighted by Gasteiger charge is -2.31. The van der Waals surface area contributed by atoms with Gasteiger partial charge < -0.3 is 25.5 Å². The summed E-state index contributed by atoms with van der Waals surface area (Å²) >= 11 is 0. The third-order valence-corrected chi connectivity index (χ3v) is 3.98. The van der Waals surface area contributed by atoms with Crippen LogP contribution in [0.25, 0.3) is 0 Å². The smallest absolute Gasteiger partial charge is 0.373 e. The van der Waals surface area contributed by atoms with Crippen LogP contribution in [0.5, 0.6) is 0 Å². The molecule has 2 amide bonds. The molecule has 0 aromatic rings. The molecule has 0 radical (unpaired) electrons. The molecular weight excluding hydrogens is 416 g/mol. The van der Waals surface area contributed by atoms with Crippen molar-refractivity contribution in [3.05, 3.63) is 0 Å². The molecule has 176 valence electrons. The topological polar surface area (TPSA) is 195 Å². The number of carboxylic acid groups (broad SMARTS) is 3. The Morgan fingerprint density at radius 3 is 1.81 bits per heavy atom. The maximum absolute atomic E-state index is 12.6. The van der Waals surface area contributed by atoms with Gasteiger partial charge in [0.25, 0.3) is 0 Å². The molecule has 0 saturated heterocycles. The Balaban J connectivity index is 0. The highest BCUT2D eigenvalue weighted by atomic mass is 16.4. The van der Waals surface area contributed by atoms with Gasteiger partial charge in [-0.25, -0.2) is 0 Å². The quantitative estimate of drug-likeness (QED) is 0.242. The highest BCUT2D eigenvalue weighted by Crippen LogP contribution is 2.14. The van der Waals surface area contributed by atoms with Crippen LogP contribution < -0.4 is 5.32 Å². The van der Waals surface area contributed by atoms with Crippen LogP contribution >= 0.6 is 0 Å². The van der Waals surface area contributed by atoms with E-state index < -0.39 is 29.9 Å². The van der Waals surface area contributed by atoms with Crippen molar-refractivity contribution in [1.29, 1.82) is 0 Å². The van der Waals surface area contributed by atoms with E-state index in [0.717, 1.165) is 0 Å². The fraction of sp³-hybridized carbons (Fsp3) is 0.684. The van der Waals surface area contributed by atoms with E-state index in [1.807, 2.05) is 6.92 Å². The molecule has 0 rings (SSSR count). The zero-order chi connectivity index (χ0) is 24.2. The molecule has 4 N–H and O–H groups in total. The number of carboxylic acids is 3. The molecule has 0 bridgehead atoms. The Morgan fingerprint density at radius 1 is 0.839 bits per heavy atom. The van der Waals surface area contributed by atoms with E-state index in [9.17, 15) is 24.0 Å². The highest BCUT2D eigenvalue weighted by molar-refractivity contribution is 5.88. The Kier molecular flexibility index (Phi) is 18.1. The van der Waals surface area contributed by atoms with Crippen LogP contribution in [0.1, 0.15) is 64.7 Å².